The molecule has 0 amide bonds. The summed E-state index contributed by atoms with van der Waals surface area (Å²) < 4.78 is 0.223. The molecule has 82 valence electrons. The number of hydrogen-bond donors (Lipinski definition) is 4. The second-order valence-corrected chi connectivity index (χ2v) is 6.77. The van der Waals surface area contributed by atoms with Crippen LogP contribution in [0.5, 0.6) is 0 Å². The minimum atomic E-state index is -0.352. The van der Waals surface area contributed by atoms with Gasteiger partial charge in [-0.1, -0.05) is 0 Å². The van der Waals surface area contributed by atoms with Crippen molar-refractivity contribution in [2.24, 2.45) is 11.5 Å². The van der Waals surface area contributed by atoms with Gasteiger partial charge in [0.1, 0.15) is 0 Å². The van der Waals surface area contributed by atoms with E-state index in [0.29, 0.717) is 11.5 Å². The molecule has 0 unspecified atom stereocenters. The molecule has 0 fully saturated rings. The summed E-state index contributed by atoms with van der Waals surface area (Å²) >= 11 is 4.92. The van der Waals surface area contributed by atoms with E-state index in [1.165, 1.54) is 21.6 Å². The Bertz CT molecular complexity index is 196. The molecule has 0 aliphatic rings. The van der Waals surface area contributed by atoms with Gasteiger partial charge in [0.25, 0.3) is 0 Å². The van der Waals surface area contributed by atoms with Crippen molar-refractivity contribution < 1.29 is 10.2 Å². The molecule has 0 aromatic heterocycles. The Hall–Kier alpha value is 0.999. The van der Waals surface area contributed by atoms with Gasteiger partial charge < -0.3 is 0 Å². The molecular weight excluding hydrogens is 354 g/mol. The standard InChI is InChI=1S/C6H12N2O2S2Se2/c7-3(5(9)13)1-11-12-2-4(8)6(10)14/h3-4H,1-2,7-8H2,(H,9,13)(H,10,14)/t3-,4-/m0/s1. The fourth-order valence-electron chi connectivity index (χ4n) is 0.385. The summed E-state index contributed by atoms with van der Waals surface area (Å²) in [7, 11) is 3.02. The van der Waals surface area contributed by atoms with Gasteiger partial charge in [-0.25, -0.2) is 0 Å². The predicted octanol–water partition coefficient (Wildman–Crippen LogP) is -1.64. The summed E-state index contributed by atoms with van der Waals surface area (Å²) in [6.45, 7) is 0. The molecule has 0 spiro atoms. The fourth-order valence-corrected chi connectivity index (χ4v) is 3.47. The zero-order valence-corrected chi connectivity index (χ0v) is 12.3. The molecule has 8 heteroatoms. The molecule has 0 aliphatic heterocycles. The van der Waals surface area contributed by atoms with E-state index in [2.05, 4.69) is 31.2 Å². The first-order valence-corrected chi connectivity index (χ1v) is 7.86. The van der Waals surface area contributed by atoms with Crippen molar-refractivity contribution in [1.29, 1.82) is 0 Å². The summed E-state index contributed by atoms with van der Waals surface area (Å²) in [5, 5.41) is 17.9. The average Bonchev–Trinajstić information content (AvgIpc) is 2.11. The molecule has 0 aromatic rings. The summed E-state index contributed by atoms with van der Waals surface area (Å²) in [6.07, 6.45) is 0. The van der Waals surface area contributed by atoms with E-state index in [1.807, 2.05) is 0 Å². The van der Waals surface area contributed by atoms with Crippen LogP contribution in [0.3, 0.4) is 0 Å². The van der Waals surface area contributed by atoms with Gasteiger partial charge in [0.05, 0.1) is 0 Å². The van der Waals surface area contributed by atoms with Crippen LogP contribution in [-0.4, -0.2) is 74.2 Å². The van der Waals surface area contributed by atoms with Crippen LogP contribution in [0.2, 0.25) is 0 Å². The van der Waals surface area contributed by atoms with Crippen molar-refractivity contribution in [2.45, 2.75) is 12.1 Å². The van der Waals surface area contributed by atoms with Crippen LogP contribution in [0.1, 0.15) is 0 Å². The van der Waals surface area contributed by atoms with E-state index >= 15 is 0 Å². The van der Waals surface area contributed by atoms with Gasteiger partial charge in [-0.3, -0.25) is 0 Å². The van der Waals surface area contributed by atoms with E-state index in [0.717, 1.165) is 0 Å². The van der Waals surface area contributed by atoms with Gasteiger partial charge in [-0.15, -0.1) is 0 Å². The summed E-state index contributed by atoms with van der Waals surface area (Å²) in [5.41, 5.74) is 11.1. The van der Waals surface area contributed by atoms with Crippen molar-refractivity contribution in [1.82, 2.24) is 0 Å². The summed E-state index contributed by atoms with van der Waals surface area (Å²) in [6, 6.07) is -0.705. The van der Waals surface area contributed by atoms with E-state index in [-0.39, 0.29) is 21.3 Å². The molecule has 14 heavy (non-hydrogen) atoms. The second-order valence-electron chi connectivity index (χ2n) is 2.46. The maximum absolute atomic E-state index is 8.96. The van der Waals surface area contributed by atoms with E-state index in [4.69, 9.17) is 21.7 Å². The first-order valence-electron chi connectivity index (χ1n) is 3.66. The monoisotopic (exact) mass is 368 g/mol. The Morgan fingerprint density at radius 1 is 1.00 bits per heavy atom. The molecule has 0 rings (SSSR count). The van der Waals surface area contributed by atoms with Gasteiger partial charge >= 0.3 is 107 Å². The Balaban J connectivity index is 3.47. The van der Waals surface area contributed by atoms with Crippen LogP contribution in [0.15, 0.2) is 0 Å². The number of nitrogens with two attached hydrogens (primary N) is 2. The van der Waals surface area contributed by atoms with Gasteiger partial charge in [0.15, 0.2) is 0 Å². The quantitative estimate of drug-likeness (QED) is 0.246. The molecule has 0 heterocycles. The molecule has 0 saturated heterocycles. The second kappa shape index (κ2) is 8.19. The van der Waals surface area contributed by atoms with E-state index < -0.39 is 0 Å². The maximum atomic E-state index is 8.96. The third-order valence-corrected chi connectivity index (χ3v) is 4.96. The fraction of sp³-hybridized carbons (Fsp3) is 0.667. The number of aliphatic hydroxyl groups excluding tert-OH is 2. The molecule has 0 aromatic carbocycles. The Morgan fingerprint density at radius 2 is 1.29 bits per heavy atom. The van der Waals surface area contributed by atoms with Crippen molar-refractivity contribution in [2.75, 3.05) is 11.5 Å². The number of aliphatic hydroxyl groups is 2. The zero-order valence-electron chi connectivity index (χ0n) is 7.25. The third kappa shape index (κ3) is 7.31. The molecule has 0 aliphatic carbocycles. The van der Waals surface area contributed by atoms with Gasteiger partial charge in [0, 0.05) is 0 Å². The normalized spacial score (nSPS) is 14.7. The van der Waals surface area contributed by atoms with Crippen molar-refractivity contribution in [3.05, 3.63) is 0 Å². The first-order chi connectivity index (χ1) is 6.45. The minimum absolute atomic E-state index is 0.112. The Kier molecular flexibility index (Phi) is 8.77. The molecule has 0 radical (unpaired) electrons. The van der Waals surface area contributed by atoms with Crippen LogP contribution < -0.4 is 11.5 Å². The number of rotatable bonds is 7. The third-order valence-electron chi connectivity index (χ3n) is 1.21. The zero-order chi connectivity index (χ0) is 11.1. The van der Waals surface area contributed by atoms with E-state index in [1.54, 1.807) is 0 Å². The molecular formula is C6H12N2O2S2Se2. The predicted molar refractivity (Wildman–Crippen MR) is 66.3 cm³/mol. The van der Waals surface area contributed by atoms with Crippen molar-refractivity contribution >= 4 is 61.9 Å². The van der Waals surface area contributed by atoms with Crippen molar-refractivity contribution in [3.63, 3.8) is 0 Å². The summed E-state index contributed by atoms with van der Waals surface area (Å²) in [4.78, 5) is 0. The number of hydrogen-bond acceptors (Lipinski definition) is 6. The molecule has 0 saturated carbocycles. The van der Waals surface area contributed by atoms with Crippen LogP contribution >= 0.6 is 21.6 Å². The van der Waals surface area contributed by atoms with Crippen LogP contribution in [-0.2, 0) is 0 Å². The van der Waals surface area contributed by atoms with Gasteiger partial charge in [-0.05, 0) is 0 Å². The van der Waals surface area contributed by atoms with Crippen LogP contribution in [0, 0.1) is 0 Å². The van der Waals surface area contributed by atoms with Crippen LogP contribution in [0.25, 0.3) is 0 Å². The molecule has 2 atom stereocenters. The van der Waals surface area contributed by atoms with Crippen molar-refractivity contribution in [3.8, 4) is 0 Å². The van der Waals surface area contributed by atoms with Gasteiger partial charge in [0.2, 0.25) is 0 Å². The molecule has 6 N–H and O–H groups in total. The Labute approximate surface area is 107 Å². The van der Waals surface area contributed by atoms with Gasteiger partial charge in [-0.2, -0.15) is 0 Å². The SMILES string of the molecule is N[C@@H](CSSC[C@H](N)C(O)=[Se])C(O)=[Se]. The topological polar surface area (TPSA) is 92.5 Å². The average molecular weight is 366 g/mol. The molecule has 4 nitrogen and oxygen atoms in total. The van der Waals surface area contributed by atoms with Crippen LogP contribution in [0.4, 0.5) is 0 Å². The Morgan fingerprint density at radius 3 is 1.50 bits per heavy atom. The molecule has 0 bridgehead atoms. The van der Waals surface area contributed by atoms with E-state index in [9.17, 15) is 0 Å². The first kappa shape index (κ1) is 15.0. The summed E-state index contributed by atoms with van der Waals surface area (Å²) in [5.74, 6) is 1.20.